The smallest absolute Gasteiger partial charge is 0.416 e. The lowest BCUT2D eigenvalue weighted by Crippen LogP contribution is -2.15. The van der Waals surface area contributed by atoms with E-state index in [4.69, 9.17) is 4.74 Å². The van der Waals surface area contributed by atoms with Crippen LogP contribution in [0.4, 0.5) is 18.9 Å². The van der Waals surface area contributed by atoms with Gasteiger partial charge in [-0.25, -0.2) is 0 Å². The molecule has 2 aromatic rings. The Bertz CT molecular complexity index is 754. The molecule has 0 saturated carbocycles. The van der Waals surface area contributed by atoms with Crippen molar-refractivity contribution in [3.63, 3.8) is 0 Å². The molecule has 0 aromatic heterocycles. The van der Waals surface area contributed by atoms with Gasteiger partial charge in [-0.15, -0.1) is 0 Å². The first-order valence-corrected chi connectivity index (χ1v) is 7.45. The molecule has 3 nitrogen and oxygen atoms in total. The zero-order valence-corrected chi connectivity index (χ0v) is 13.6. The minimum atomic E-state index is -4.50. The Morgan fingerprint density at radius 3 is 2.46 bits per heavy atom. The summed E-state index contributed by atoms with van der Waals surface area (Å²) in [5, 5.41) is 2.53. The molecule has 24 heavy (non-hydrogen) atoms. The number of ether oxygens (including phenoxy) is 1. The number of aryl methyl sites for hydroxylation is 2. The Morgan fingerprint density at radius 2 is 1.83 bits per heavy atom. The second-order valence-corrected chi connectivity index (χ2v) is 5.41. The van der Waals surface area contributed by atoms with Gasteiger partial charge >= 0.3 is 6.18 Å². The monoisotopic (exact) mass is 337 g/mol. The molecule has 2 aromatic carbocycles. The molecule has 0 aliphatic rings. The average Bonchev–Trinajstić information content (AvgIpc) is 2.50. The lowest BCUT2D eigenvalue weighted by Gasteiger charge is -2.15. The third-order valence-electron chi connectivity index (χ3n) is 3.49. The van der Waals surface area contributed by atoms with E-state index < -0.39 is 17.6 Å². The molecule has 0 fully saturated rings. The Morgan fingerprint density at radius 1 is 1.12 bits per heavy atom. The molecule has 0 atom stereocenters. The summed E-state index contributed by atoms with van der Waals surface area (Å²) in [6, 6.07) is 8.37. The summed E-state index contributed by atoms with van der Waals surface area (Å²) >= 11 is 0. The van der Waals surface area contributed by atoms with Crippen LogP contribution in [0.25, 0.3) is 0 Å². The maximum Gasteiger partial charge on any atom is 0.416 e. The molecular weight excluding hydrogens is 319 g/mol. The number of hydrogen-bond acceptors (Lipinski definition) is 2. The van der Waals surface area contributed by atoms with E-state index in [9.17, 15) is 18.0 Å². The van der Waals surface area contributed by atoms with Crippen molar-refractivity contribution in [1.29, 1.82) is 0 Å². The van der Waals surface area contributed by atoms with Crippen LogP contribution in [-0.2, 0) is 6.18 Å². The van der Waals surface area contributed by atoms with Crippen LogP contribution < -0.4 is 10.1 Å². The van der Waals surface area contributed by atoms with Crippen molar-refractivity contribution >= 4 is 11.6 Å². The lowest BCUT2D eigenvalue weighted by atomic mass is 10.0. The van der Waals surface area contributed by atoms with Crippen molar-refractivity contribution in [2.75, 3.05) is 11.9 Å². The largest absolute Gasteiger partial charge is 0.492 e. The number of carbonyl (C=O) groups excluding carboxylic acids is 1. The maximum absolute atomic E-state index is 12.9. The van der Waals surface area contributed by atoms with Gasteiger partial charge in [-0.1, -0.05) is 17.7 Å². The van der Waals surface area contributed by atoms with Crippen molar-refractivity contribution < 1.29 is 22.7 Å². The zero-order valence-electron chi connectivity index (χ0n) is 13.6. The fraction of sp³-hybridized carbons (Fsp3) is 0.278. The van der Waals surface area contributed by atoms with E-state index in [0.29, 0.717) is 5.56 Å². The molecule has 0 unspecified atom stereocenters. The van der Waals surface area contributed by atoms with Crippen LogP contribution in [0, 0.1) is 13.8 Å². The first-order valence-electron chi connectivity index (χ1n) is 7.45. The van der Waals surface area contributed by atoms with E-state index >= 15 is 0 Å². The van der Waals surface area contributed by atoms with E-state index in [2.05, 4.69) is 5.32 Å². The summed E-state index contributed by atoms with van der Waals surface area (Å²) in [6.45, 7) is 5.60. The average molecular weight is 337 g/mol. The molecule has 6 heteroatoms. The van der Waals surface area contributed by atoms with E-state index in [0.717, 1.165) is 23.3 Å². The molecule has 1 amide bonds. The van der Waals surface area contributed by atoms with E-state index in [1.54, 1.807) is 26.0 Å². The van der Waals surface area contributed by atoms with E-state index in [-0.39, 0.29) is 18.0 Å². The van der Waals surface area contributed by atoms with Crippen LogP contribution in [0.15, 0.2) is 36.4 Å². The number of hydrogen-bond donors (Lipinski definition) is 1. The SMILES string of the molecule is CCOc1ccc(C(F)(F)F)cc1NC(=O)c1cc(C)ccc1C. The third-order valence-corrected chi connectivity index (χ3v) is 3.49. The molecule has 2 rings (SSSR count). The maximum atomic E-state index is 12.9. The van der Waals surface area contributed by atoms with Crippen molar-refractivity contribution in [3.8, 4) is 5.75 Å². The van der Waals surface area contributed by atoms with E-state index in [1.807, 2.05) is 13.0 Å². The number of benzene rings is 2. The molecular formula is C18H18F3NO2. The van der Waals surface area contributed by atoms with Crippen molar-refractivity contribution in [3.05, 3.63) is 58.7 Å². The highest BCUT2D eigenvalue weighted by Gasteiger charge is 2.31. The van der Waals surface area contributed by atoms with Crippen molar-refractivity contribution in [2.45, 2.75) is 26.9 Å². The van der Waals surface area contributed by atoms with Gasteiger partial charge in [0.05, 0.1) is 17.9 Å². The Balaban J connectivity index is 2.39. The first kappa shape index (κ1) is 17.8. The standard InChI is InChI=1S/C18H18F3NO2/c1-4-24-16-8-7-13(18(19,20)21)10-15(16)22-17(23)14-9-11(2)5-6-12(14)3/h5-10H,4H2,1-3H3,(H,22,23). The Hall–Kier alpha value is -2.50. The number of rotatable bonds is 4. The van der Waals surface area contributed by atoms with Crippen molar-refractivity contribution in [2.24, 2.45) is 0 Å². The highest BCUT2D eigenvalue weighted by Crippen LogP contribution is 2.35. The fourth-order valence-corrected chi connectivity index (χ4v) is 2.26. The molecule has 0 saturated heterocycles. The predicted octanol–water partition coefficient (Wildman–Crippen LogP) is 4.97. The van der Waals surface area contributed by atoms with Gasteiger partial charge in [0.25, 0.3) is 5.91 Å². The Kier molecular flexibility index (Phi) is 5.17. The number of amides is 1. The topological polar surface area (TPSA) is 38.3 Å². The van der Waals surface area contributed by atoms with Crippen LogP contribution in [-0.4, -0.2) is 12.5 Å². The van der Waals surface area contributed by atoms with Gasteiger partial charge in [0.2, 0.25) is 0 Å². The number of anilines is 1. The van der Waals surface area contributed by atoms with Gasteiger partial charge in [-0.3, -0.25) is 4.79 Å². The van der Waals surface area contributed by atoms with Gasteiger partial charge < -0.3 is 10.1 Å². The summed E-state index contributed by atoms with van der Waals surface area (Å²) in [5.74, 6) is -0.277. The summed E-state index contributed by atoms with van der Waals surface area (Å²) in [6.07, 6.45) is -4.50. The summed E-state index contributed by atoms with van der Waals surface area (Å²) in [7, 11) is 0. The number of nitrogens with one attached hydrogen (secondary N) is 1. The van der Waals surface area contributed by atoms with Gasteiger partial charge in [0.15, 0.2) is 0 Å². The highest BCUT2D eigenvalue weighted by molar-refractivity contribution is 6.06. The van der Waals surface area contributed by atoms with E-state index in [1.165, 1.54) is 6.07 Å². The lowest BCUT2D eigenvalue weighted by molar-refractivity contribution is -0.137. The molecule has 0 aliphatic heterocycles. The second-order valence-electron chi connectivity index (χ2n) is 5.41. The molecule has 0 spiro atoms. The predicted molar refractivity (Wildman–Crippen MR) is 86.5 cm³/mol. The highest BCUT2D eigenvalue weighted by atomic mass is 19.4. The molecule has 0 aliphatic carbocycles. The summed E-state index contributed by atoms with van der Waals surface area (Å²) < 4.78 is 44.0. The normalized spacial score (nSPS) is 11.2. The molecule has 1 N–H and O–H groups in total. The number of alkyl halides is 3. The number of halogens is 3. The second kappa shape index (κ2) is 6.95. The minimum absolute atomic E-state index is 0.00224. The molecule has 0 heterocycles. The first-order chi connectivity index (χ1) is 11.2. The molecule has 128 valence electrons. The Labute approximate surface area is 138 Å². The van der Waals surface area contributed by atoms with Crippen LogP contribution in [0.3, 0.4) is 0 Å². The van der Waals surface area contributed by atoms with Crippen LogP contribution in [0.5, 0.6) is 5.75 Å². The van der Waals surface area contributed by atoms with Crippen molar-refractivity contribution in [1.82, 2.24) is 0 Å². The molecule has 0 bridgehead atoms. The van der Waals surface area contributed by atoms with Crippen LogP contribution >= 0.6 is 0 Å². The van der Waals surface area contributed by atoms with Gasteiger partial charge in [-0.2, -0.15) is 13.2 Å². The van der Waals surface area contributed by atoms with Gasteiger partial charge in [-0.05, 0) is 50.6 Å². The number of carbonyl (C=O) groups is 1. The van der Waals surface area contributed by atoms with Gasteiger partial charge in [0.1, 0.15) is 5.75 Å². The van der Waals surface area contributed by atoms with Crippen LogP contribution in [0.2, 0.25) is 0 Å². The summed E-state index contributed by atoms with van der Waals surface area (Å²) in [5.41, 5.74) is 1.19. The minimum Gasteiger partial charge on any atom is -0.492 e. The van der Waals surface area contributed by atoms with Gasteiger partial charge in [0, 0.05) is 5.56 Å². The summed E-state index contributed by atoms with van der Waals surface area (Å²) in [4.78, 5) is 12.5. The zero-order chi connectivity index (χ0) is 17.9. The van der Waals surface area contributed by atoms with Crippen LogP contribution in [0.1, 0.15) is 34.0 Å². The fourth-order valence-electron chi connectivity index (χ4n) is 2.26. The third kappa shape index (κ3) is 4.07. The molecule has 0 radical (unpaired) electrons. The quantitative estimate of drug-likeness (QED) is 0.855.